The Balaban J connectivity index is 2.55. The molecular weight excluding hydrogens is 176 g/mol. The van der Waals surface area contributed by atoms with Gasteiger partial charge in [-0.2, -0.15) is 0 Å². The molecule has 2 rings (SSSR count). The van der Waals surface area contributed by atoms with Crippen molar-refractivity contribution < 1.29 is 0 Å². The molecule has 0 aliphatic carbocycles. The van der Waals surface area contributed by atoms with E-state index in [1.807, 2.05) is 31.2 Å². The van der Waals surface area contributed by atoms with Crippen molar-refractivity contribution in [1.82, 2.24) is 9.97 Å². The van der Waals surface area contributed by atoms with E-state index >= 15 is 0 Å². The molecule has 14 heavy (non-hydrogen) atoms. The average molecular weight is 186 g/mol. The van der Waals surface area contributed by atoms with E-state index in [-0.39, 0.29) is 5.56 Å². The highest BCUT2D eigenvalue weighted by Gasteiger charge is 2.00. The van der Waals surface area contributed by atoms with Crippen LogP contribution in [0.5, 0.6) is 0 Å². The van der Waals surface area contributed by atoms with E-state index in [1.165, 1.54) is 6.20 Å². The maximum atomic E-state index is 10.8. The Morgan fingerprint density at radius 3 is 2.71 bits per heavy atom. The SMILES string of the molecule is Cc1ccccc1-c1c[nH]c(=O)cn1. The zero-order valence-corrected chi connectivity index (χ0v) is 7.82. The zero-order valence-electron chi connectivity index (χ0n) is 7.82. The van der Waals surface area contributed by atoms with Crippen LogP contribution < -0.4 is 5.56 Å². The molecule has 3 heteroatoms. The van der Waals surface area contributed by atoms with Gasteiger partial charge in [0.05, 0.1) is 11.9 Å². The smallest absolute Gasteiger partial charge is 0.266 e. The fourth-order valence-corrected chi connectivity index (χ4v) is 1.35. The molecule has 0 amide bonds. The normalized spacial score (nSPS) is 10.1. The molecule has 2 aromatic rings. The van der Waals surface area contributed by atoms with Crippen molar-refractivity contribution in [3.63, 3.8) is 0 Å². The van der Waals surface area contributed by atoms with Gasteiger partial charge in [0.1, 0.15) is 0 Å². The standard InChI is InChI=1S/C11H10N2O/c1-8-4-2-3-5-9(8)10-6-13-11(14)7-12-10/h2-7H,1H3,(H,13,14). The minimum absolute atomic E-state index is 0.178. The summed E-state index contributed by atoms with van der Waals surface area (Å²) in [4.78, 5) is 17.5. The molecule has 0 aliphatic rings. The molecule has 0 bridgehead atoms. The quantitative estimate of drug-likeness (QED) is 0.737. The minimum atomic E-state index is -0.178. The second-order valence-corrected chi connectivity index (χ2v) is 3.11. The van der Waals surface area contributed by atoms with Gasteiger partial charge in [0.2, 0.25) is 0 Å². The van der Waals surface area contributed by atoms with E-state index in [0.717, 1.165) is 16.8 Å². The lowest BCUT2D eigenvalue weighted by atomic mass is 10.1. The van der Waals surface area contributed by atoms with Crippen LogP contribution in [0.15, 0.2) is 41.5 Å². The number of hydrogen-bond donors (Lipinski definition) is 1. The second kappa shape index (κ2) is 3.46. The summed E-state index contributed by atoms with van der Waals surface area (Å²) in [6.45, 7) is 2.02. The maximum absolute atomic E-state index is 10.8. The molecule has 1 heterocycles. The van der Waals surface area contributed by atoms with Crippen LogP contribution in [0, 0.1) is 6.92 Å². The van der Waals surface area contributed by atoms with Crippen molar-refractivity contribution in [3.05, 3.63) is 52.6 Å². The minimum Gasteiger partial charge on any atom is -0.326 e. The predicted molar refractivity (Wildman–Crippen MR) is 55.0 cm³/mol. The van der Waals surface area contributed by atoms with Crippen molar-refractivity contribution in [2.24, 2.45) is 0 Å². The van der Waals surface area contributed by atoms with Crippen LogP contribution in [0.1, 0.15) is 5.56 Å². The lowest BCUT2D eigenvalue weighted by molar-refractivity contribution is 1.14. The van der Waals surface area contributed by atoms with E-state index in [1.54, 1.807) is 6.20 Å². The summed E-state index contributed by atoms with van der Waals surface area (Å²) in [6.07, 6.45) is 2.92. The Morgan fingerprint density at radius 1 is 1.29 bits per heavy atom. The van der Waals surface area contributed by atoms with Crippen LogP contribution in [0.2, 0.25) is 0 Å². The van der Waals surface area contributed by atoms with Gasteiger partial charge in [-0.15, -0.1) is 0 Å². The molecule has 0 atom stereocenters. The third kappa shape index (κ3) is 1.57. The van der Waals surface area contributed by atoms with Gasteiger partial charge in [0, 0.05) is 11.8 Å². The molecule has 0 radical (unpaired) electrons. The number of aryl methyl sites for hydroxylation is 1. The number of nitrogens with one attached hydrogen (secondary N) is 1. The summed E-state index contributed by atoms with van der Waals surface area (Å²) in [5.41, 5.74) is 2.81. The van der Waals surface area contributed by atoms with E-state index in [4.69, 9.17) is 0 Å². The molecule has 0 saturated heterocycles. The third-order valence-electron chi connectivity index (χ3n) is 2.09. The lowest BCUT2D eigenvalue weighted by Gasteiger charge is -2.02. The Kier molecular flexibility index (Phi) is 2.14. The second-order valence-electron chi connectivity index (χ2n) is 3.11. The van der Waals surface area contributed by atoms with E-state index in [9.17, 15) is 4.79 Å². The Hall–Kier alpha value is -1.90. The molecule has 0 fully saturated rings. The van der Waals surface area contributed by atoms with Crippen LogP contribution in [0.3, 0.4) is 0 Å². The number of rotatable bonds is 1. The van der Waals surface area contributed by atoms with E-state index < -0.39 is 0 Å². The van der Waals surface area contributed by atoms with Crippen molar-refractivity contribution in [2.45, 2.75) is 6.92 Å². The topological polar surface area (TPSA) is 45.8 Å². The number of aromatic amines is 1. The Labute approximate surface area is 81.5 Å². The molecule has 1 aromatic heterocycles. The fraction of sp³-hybridized carbons (Fsp3) is 0.0909. The summed E-state index contributed by atoms with van der Waals surface area (Å²) < 4.78 is 0. The highest BCUT2D eigenvalue weighted by molar-refractivity contribution is 5.61. The van der Waals surface area contributed by atoms with Crippen LogP contribution in [0.25, 0.3) is 11.3 Å². The van der Waals surface area contributed by atoms with Crippen molar-refractivity contribution in [1.29, 1.82) is 0 Å². The van der Waals surface area contributed by atoms with Gasteiger partial charge in [0.15, 0.2) is 0 Å². The number of benzene rings is 1. The fourth-order valence-electron chi connectivity index (χ4n) is 1.35. The molecule has 1 aromatic carbocycles. The predicted octanol–water partition coefficient (Wildman–Crippen LogP) is 1.75. The van der Waals surface area contributed by atoms with Gasteiger partial charge in [0.25, 0.3) is 5.56 Å². The molecule has 3 nitrogen and oxygen atoms in total. The van der Waals surface area contributed by atoms with E-state index in [2.05, 4.69) is 9.97 Å². The molecule has 0 saturated carbocycles. The summed E-state index contributed by atoms with van der Waals surface area (Å²) in [7, 11) is 0. The Bertz CT molecular complexity index is 482. The highest BCUT2D eigenvalue weighted by Crippen LogP contribution is 2.18. The van der Waals surface area contributed by atoms with Crippen LogP contribution in [-0.4, -0.2) is 9.97 Å². The van der Waals surface area contributed by atoms with E-state index in [0.29, 0.717) is 0 Å². The van der Waals surface area contributed by atoms with Gasteiger partial charge in [-0.25, -0.2) is 4.98 Å². The first-order chi connectivity index (χ1) is 6.77. The van der Waals surface area contributed by atoms with Crippen molar-refractivity contribution in [2.75, 3.05) is 0 Å². The van der Waals surface area contributed by atoms with Gasteiger partial charge >= 0.3 is 0 Å². The zero-order chi connectivity index (χ0) is 9.97. The van der Waals surface area contributed by atoms with Gasteiger partial charge in [-0.05, 0) is 12.5 Å². The maximum Gasteiger partial charge on any atom is 0.266 e. The van der Waals surface area contributed by atoms with Gasteiger partial charge < -0.3 is 4.98 Å². The van der Waals surface area contributed by atoms with Crippen molar-refractivity contribution in [3.8, 4) is 11.3 Å². The summed E-state index contributed by atoms with van der Waals surface area (Å²) >= 11 is 0. The average Bonchev–Trinajstić information content (AvgIpc) is 2.20. The molecule has 0 unspecified atom stereocenters. The largest absolute Gasteiger partial charge is 0.326 e. The van der Waals surface area contributed by atoms with Gasteiger partial charge in [-0.1, -0.05) is 24.3 Å². The van der Waals surface area contributed by atoms with Crippen LogP contribution >= 0.6 is 0 Å². The highest BCUT2D eigenvalue weighted by atomic mass is 16.1. The van der Waals surface area contributed by atoms with Crippen LogP contribution in [-0.2, 0) is 0 Å². The van der Waals surface area contributed by atoms with Crippen LogP contribution in [0.4, 0.5) is 0 Å². The molecular formula is C11H10N2O. The number of H-pyrrole nitrogens is 1. The van der Waals surface area contributed by atoms with Gasteiger partial charge in [-0.3, -0.25) is 4.79 Å². The Morgan fingerprint density at radius 2 is 2.07 bits per heavy atom. The summed E-state index contributed by atoms with van der Waals surface area (Å²) in [5.74, 6) is 0. The number of nitrogens with zero attached hydrogens (tertiary/aromatic N) is 1. The molecule has 0 aliphatic heterocycles. The molecule has 0 spiro atoms. The van der Waals surface area contributed by atoms with Crippen molar-refractivity contribution >= 4 is 0 Å². The monoisotopic (exact) mass is 186 g/mol. The molecule has 70 valence electrons. The third-order valence-corrected chi connectivity index (χ3v) is 2.09. The molecule has 1 N–H and O–H groups in total. The first kappa shape index (κ1) is 8.69. The first-order valence-corrected chi connectivity index (χ1v) is 4.38. The summed E-state index contributed by atoms with van der Waals surface area (Å²) in [6, 6.07) is 7.93. The summed E-state index contributed by atoms with van der Waals surface area (Å²) in [5, 5.41) is 0. The lowest BCUT2D eigenvalue weighted by Crippen LogP contribution is -2.04. The number of aromatic nitrogens is 2. The number of hydrogen-bond acceptors (Lipinski definition) is 2. The first-order valence-electron chi connectivity index (χ1n) is 4.38.